The van der Waals surface area contributed by atoms with Gasteiger partial charge in [0.25, 0.3) is 15.9 Å². The lowest BCUT2D eigenvalue weighted by atomic mass is 10.1. The molecule has 1 N–H and O–H groups in total. The number of benzene rings is 2. The van der Waals surface area contributed by atoms with Gasteiger partial charge in [-0.05, 0) is 43.9 Å². The fourth-order valence-electron chi connectivity index (χ4n) is 4.72. The van der Waals surface area contributed by atoms with Gasteiger partial charge in [-0.25, -0.2) is 12.7 Å². The predicted molar refractivity (Wildman–Crippen MR) is 131 cm³/mol. The van der Waals surface area contributed by atoms with Crippen LogP contribution in [0.1, 0.15) is 61.4 Å². The highest BCUT2D eigenvalue weighted by Crippen LogP contribution is 2.30. The van der Waals surface area contributed by atoms with Crippen molar-refractivity contribution in [3.63, 3.8) is 0 Å². The molecule has 2 aromatic rings. The van der Waals surface area contributed by atoms with Crippen molar-refractivity contribution in [2.75, 3.05) is 6.54 Å². The molecule has 1 unspecified atom stereocenters. The molecule has 0 saturated heterocycles. The minimum Gasteiger partial charge on any atom is -0.352 e. The SMILES string of the molecule is CC(C(=O)NC1CCCC1)N(Cc1ccccc1)C(=O)CCCN1C(=O)c2ccccc2S1(=O)=O. The van der Waals surface area contributed by atoms with Crippen molar-refractivity contribution in [3.8, 4) is 0 Å². The first-order chi connectivity index (χ1) is 16.8. The Kier molecular flexibility index (Phi) is 7.54. The number of nitrogens with one attached hydrogen (secondary N) is 1. The summed E-state index contributed by atoms with van der Waals surface area (Å²) in [5, 5.41) is 3.06. The van der Waals surface area contributed by atoms with Gasteiger partial charge in [0.1, 0.15) is 10.9 Å². The van der Waals surface area contributed by atoms with Gasteiger partial charge in [0.2, 0.25) is 11.8 Å². The van der Waals surface area contributed by atoms with Gasteiger partial charge >= 0.3 is 0 Å². The van der Waals surface area contributed by atoms with Crippen LogP contribution in [-0.2, 0) is 26.2 Å². The number of amides is 3. The Balaban J connectivity index is 1.42. The van der Waals surface area contributed by atoms with E-state index in [1.54, 1.807) is 19.1 Å². The van der Waals surface area contributed by atoms with Crippen LogP contribution in [0.15, 0.2) is 59.5 Å². The standard InChI is InChI=1S/C26H31N3O5S/c1-19(25(31)27-21-12-5-6-13-21)28(18-20-10-3-2-4-11-20)24(30)16-9-17-29-26(32)22-14-7-8-15-23(22)35(29,33)34/h2-4,7-8,10-11,14-15,19,21H,5-6,9,12-13,16-18H2,1H3,(H,27,31). The molecule has 1 fully saturated rings. The van der Waals surface area contributed by atoms with Crippen molar-refractivity contribution in [1.82, 2.24) is 14.5 Å². The normalized spacial score (nSPS) is 17.7. The first-order valence-electron chi connectivity index (χ1n) is 12.1. The number of sulfonamides is 1. The van der Waals surface area contributed by atoms with Crippen LogP contribution in [0.5, 0.6) is 0 Å². The van der Waals surface area contributed by atoms with Gasteiger partial charge in [0, 0.05) is 25.6 Å². The highest BCUT2D eigenvalue weighted by Gasteiger charge is 2.40. The molecule has 186 valence electrons. The number of nitrogens with zero attached hydrogens (tertiary/aromatic N) is 2. The molecule has 0 radical (unpaired) electrons. The van der Waals surface area contributed by atoms with E-state index < -0.39 is 22.0 Å². The predicted octanol–water partition coefficient (Wildman–Crippen LogP) is 3.09. The average Bonchev–Trinajstić information content (AvgIpc) is 3.43. The van der Waals surface area contributed by atoms with Crippen LogP contribution >= 0.6 is 0 Å². The second-order valence-electron chi connectivity index (χ2n) is 9.16. The van der Waals surface area contributed by atoms with Gasteiger partial charge < -0.3 is 10.2 Å². The maximum absolute atomic E-state index is 13.3. The monoisotopic (exact) mass is 497 g/mol. The molecule has 2 aromatic carbocycles. The molecule has 9 heteroatoms. The number of carbonyl (C=O) groups excluding carboxylic acids is 3. The Morgan fingerprint density at radius 3 is 2.40 bits per heavy atom. The molecule has 3 amide bonds. The Morgan fingerprint density at radius 1 is 1.06 bits per heavy atom. The molecule has 2 aliphatic rings. The highest BCUT2D eigenvalue weighted by molar-refractivity contribution is 7.90. The zero-order chi connectivity index (χ0) is 25.0. The van der Waals surface area contributed by atoms with Crippen LogP contribution in [0.25, 0.3) is 0 Å². The third-order valence-corrected chi connectivity index (χ3v) is 8.57. The lowest BCUT2D eigenvalue weighted by molar-refractivity contribution is -0.141. The molecule has 1 saturated carbocycles. The van der Waals surface area contributed by atoms with Crippen LogP contribution in [0.4, 0.5) is 0 Å². The van der Waals surface area contributed by atoms with Crippen molar-refractivity contribution < 1.29 is 22.8 Å². The summed E-state index contributed by atoms with van der Waals surface area (Å²) in [6, 6.07) is 15.0. The number of carbonyl (C=O) groups is 3. The lowest BCUT2D eigenvalue weighted by Gasteiger charge is -2.30. The quantitative estimate of drug-likeness (QED) is 0.573. The maximum atomic E-state index is 13.3. The summed E-state index contributed by atoms with van der Waals surface area (Å²) in [5.41, 5.74) is 1.05. The van der Waals surface area contributed by atoms with Crippen molar-refractivity contribution in [2.24, 2.45) is 0 Å². The Hall–Kier alpha value is -3.20. The van der Waals surface area contributed by atoms with Crippen LogP contribution < -0.4 is 5.32 Å². The highest BCUT2D eigenvalue weighted by atomic mass is 32.2. The van der Waals surface area contributed by atoms with Gasteiger partial charge in [-0.2, -0.15) is 0 Å². The number of hydrogen-bond donors (Lipinski definition) is 1. The summed E-state index contributed by atoms with van der Waals surface area (Å²) >= 11 is 0. The third-order valence-electron chi connectivity index (χ3n) is 6.73. The fraction of sp³-hybridized carbons (Fsp3) is 0.423. The molecular formula is C26H31N3O5S. The number of hydrogen-bond acceptors (Lipinski definition) is 5. The topological polar surface area (TPSA) is 104 Å². The summed E-state index contributed by atoms with van der Waals surface area (Å²) < 4.78 is 26.4. The smallest absolute Gasteiger partial charge is 0.269 e. The second-order valence-corrected chi connectivity index (χ2v) is 11.0. The van der Waals surface area contributed by atoms with Crippen LogP contribution in [0.3, 0.4) is 0 Å². The number of rotatable bonds is 9. The third kappa shape index (κ3) is 5.40. The molecule has 0 bridgehead atoms. The van der Waals surface area contributed by atoms with Gasteiger partial charge in [-0.15, -0.1) is 0 Å². The minimum absolute atomic E-state index is 0.000707. The van der Waals surface area contributed by atoms with Gasteiger partial charge in [-0.3, -0.25) is 14.4 Å². The van der Waals surface area contributed by atoms with Gasteiger partial charge in [0.15, 0.2) is 0 Å². The maximum Gasteiger partial charge on any atom is 0.269 e. The van der Waals surface area contributed by atoms with Crippen LogP contribution in [0.2, 0.25) is 0 Å². The van der Waals surface area contributed by atoms with E-state index in [2.05, 4.69) is 5.32 Å². The van der Waals surface area contributed by atoms with Gasteiger partial charge in [-0.1, -0.05) is 55.3 Å². The molecule has 8 nitrogen and oxygen atoms in total. The zero-order valence-electron chi connectivity index (χ0n) is 19.9. The van der Waals surface area contributed by atoms with E-state index in [1.807, 2.05) is 30.3 Å². The Bertz CT molecular complexity index is 1190. The lowest BCUT2D eigenvalue weighted by Crippen LogP contribution is -2.49. The summed E-state index contributed by atoms with van der Waals surface area (Å²) in [6.45, 7) is 1.89. The summed E-state index contributed by atoms with van der Waals surface area (Å²) in [5.74, 6) is -1.02. The Labute approximate surface area is 206 Å². The molecule has 0 spiro atoms. The molecule has 0 aromatic heterocycles. The average molecular weight is 498 g/mol. The molecule has 1 aliphatic heterocycles. The van der Waals surface area contributed by atoms with Crippen molar-refractivity contribution in [3.05, 3.63) is 65.7 Å². The van der Waals surface area contributed by atoms with E-state index in [9.17, 15) is 22.8 Å². The first-order valence-corrected chi connectivity index (χ1v) is 13.5. The molecule has 1 aliphatic carbocycles. The second kappa shape index (κ2) is 10.6. The van der Waals surface area contributed by atoms with Crippen LogP contribution in [-0.4, -0.2) is 54.0 Å². The van der Waals surface area contributed by atoms with E-state index in [0.717, 1.165) is 35.6 Å². The van der Waals surface area contributed by atoms with E-state index in [0.29, 0.717) is 0 Å². The summed E-state index contributed by atoms with van der Waals surface area (Å²) in [4.78, 5) is 40.4. The van der Waals surface area contributed by atoms with E-state index >= 15 is 0 Å². The molecule has 1 atom stereocenters. The zero-order valence-corrected chi connectivity index (χ0v) is 20.7. The molecule has 35 heavy (non-hydrogen) atoms. The minimum atomic E-state index is -3.91. The van der Waals surface area contributed by atoms with E-state index in [-0.39, 0.29) is 54.2 Å². The number of fused-ring (bicyclic) bond motifs is 1. The van der Waals surface area contributed by atoms with E-state index in [1.165, 1.54) is 17.0 Å². The van der Waals surface area contributed by atoms with Crippen molar-refractivity contribution in [2.45, 2.75) is 69.0 Å². The van der Waals surface area contributed by atoms with Crippen LogP contribution in [0, 0.1) is 0 Å². The fourth-order valence-corrected chi connectivity index (χ4v) is 6.33. The molecule has 4 rings (SSSR count). The first kappa shape index (κ1) is 24.9. The Morgan fingerprint density at radius 2 is 1.71 bits per heavy atom. The summed E-state index contributed by atoms with van der Waals surface area (Å²) in [7, 11) is -3.91. The molecule has 1 heterocycles. The van der Waals surface area contributed by atoms with Gasteiger partial charge in [0.05, 0.1) is 5.56 Å². The summed E-state index contributed by atoms with van der Waals surface area (Å²) in [6.07, 6.45) is 4.27. The largest absolute Gasteiger partial charge is 0.352 e. The van der Waals surface area contributed by atoms with E-state index in [4.69, 9.17) is 0 Å². The van der Waals surface area contributed by atoms with Crippen molar-refractivity contribution in [1.29, 1.82) is 0 Å². The van der Waals surface area contributed by atoms with Crippen molar-refractivity contribution >= 4 is 27.7 Å². The molecular weight excluding hydrogens is 466 g/mol.